The monoisotopic (exact) mass is 239 g/mol. The molecular weight excluding hydrogens is 233 g/mol. The molecule has 76 valence electrons. The summed E-state index contributed by atoms with van der Waals surface area (Å²) in [5.74, 6) is 0.228. The Kier molecular flexibility index (Phi) is 2.80. The number of benzene rings is 1. The zero-order valence-corrected chi connectivity index (χ0v) is 9.13. The summed E-state index contributed by atoms with van der Waals surface area (Å²) in [6.07, 6.45) is 1.64. The Balaban J connectivity index is 2.45. The third kappa shape index (κ3) is 2.22. The second-order valence-electron chi connectivity index (χ2n) is 3.04. The first-order valence-electron chi connectivity index (χ1n) is 4.27. The van der Waals surface area contributed by atoms with E-state index in [0.717, 1.165) is 11.1 Å². The van der Waals surface area contributed by atoms with E-state index < -0.39 is 0 Å². The molecule has 4 heteroatoms. The molecule has 2 rings (SSSR count). The SMILES string of the molecule is Oc1ccc(-c2cnc(Cl)c(Cl)c2)cc1. The third-order valence-electron chi connectivity index (χ3n) is 2.00. The van der Waals surface area contributed by atoms with E-state index in [1.54, 1.807) is 36.5 Å². The van der Waals surface area contributed by atoms with Crippen LogP contribution in [0.2, 0.25) is 10.2 Å². The van der Waals surface area contributed by atoms with Gasteiger partial charge in [-0.15, -0.1) is 0 Å². The van der Waals surface area contributed by atoms with Gasteiger partial charge in [-0.2, -0.15) is 0 Å². The van der Waals surface area contributed by atoms with Crippen molar-refractivity contribution in [3.8, 4) is 16.9 Å². The highest BCUT2D eigenvalue weighted by Gasteiger charge is 2.02. The Hall–Kier alpha value is -1.25. The van der Waals surface area contributed by atoms with Crippen LogP contribution in [0.25, 0.3) is 11.1 Å². The topological polar surface area (TPSA) is 33.1 Å². The lowest BCUT2D eigenvalue weighted by molar-refractivity contribution is 0.475. The Bertz CT molecular complexity index is 482. The minimum atomic E-state index is 0.228. The average Bonchev–Trinajstić information content (AvgIpc) is 2.23. The van der Waals surface area contributed by atoms with Crippen molar-refractivity contribution in [2.45, 2.75) is 0 Å². The van der Waals surface area contributed by atoms with Crippen molar-refractivity contribution in [1.82, 2.24) is 4.98 Å². The number of nitrogens with zero attached hydrogens (tertiary/aromatic N) is 1. The zero-order chi connectivity index (χ0) is 10.8. The van der Waals surface area contributed by atoms with E-state index in [2.05, 4.69) is 4.98 Å². The fourth-order valence-electron chi connectivity index (χ4n) is 1.23. The number of hydrogen-bond acceptors (Lipinski definition) is 2. The van der Waals surface area contributed by atoms with E-state index in [1.165, 1.54) is 0 Å². The zero-order valence-electron chi connectivity index (χ0n) is 7.61. The van der Waals surface area contributed by atoms with Gasteiger partial charge >= 0.3 is 0 Å². The smallest absolute Gasteiger partial charge is 0.147 e. The van der Waals surface area contributed by atoms with Crippen LogP contribution < -0.4 is 0 Å². The summed E-state index contributed by atoms with van der Waals surface area (Å²) in [5.41, 5.74) is 1.79. The molecule has 0 aliphatic carbocycles. The maximum atomic E-state index is 9.14. The molecule has 0 radical (unpaired) electrons. The van der Waals surface area contributed by atoms with Crippen molar-refractivity contribution < 1.29 is 5.11 Å². The van der Waals surface area contributed by atoms with Gasteiger partial charge in [-0.1, -0.05) is 35.3 Å². The first kappa shape index (κ1) is 10.3. The van der Waals surface area contributed by atoms with Gasteiger partial charge < -0.3 is 5.11 Å². The standard InChI is InChI=1S/C11H7Cl2NO/c12-10-5-8(6-14-11(10)13)7-1-3-9(15)4-2-7/h1-6,15H. The van der Waals surface area contributed by atoms with Gasteiger partial charge in [0.1, 0.15) is 10.9 Å². The molecule has 2 nitrogen and oxygen atoms in total. The van der Waals surface area contributed by atoms with Crippen LogP contribution in [0.15, 0.2) is 36.5 Å². The molecule has 1 N–H and O–H groups in total. The van der Waals surface area contributed by atoms with Gasteiger partial charge in [0, 0.05) is 11.8 Å². The average molecular weight is 240 g/mol. The van der Waals surface area contributed by atoms with Crippen molar-refractivity contribution >= 4 is 23.2 Å². The Morgan fingerprint density at radius 3 is 2.27 bits per heavy atom. The maximum Gasteiger partial charge on any atom is 0.147 e. The fourth-order valence-corrected chi connectivity index (χ4v) is 1.50. The second-order valence-corrected chi connectivity index (χ2v) is 3.81. The summed E-state index contributed by atoms with van der Waals surface area (Å²) in [4.78, 5) is 3.95. The number of phenolic OH excluding ortho intramolecular Hbond substituents is 1. The predicted octanol–water partition coefficient (Wildman–Crippen LogP) is 3.76. The van der Waals surface area contributed by atoms with E-state index >= 15 is 0 Å². The lowest BCUT2D eigenvalue weighted by atomic mass is 10.1. The molecule has 1 aromatic heterocycles. The summed E-state index contributed by atoms with van der Waals surface area (Å²) in [6, 6.07) is 8.53. The number of pyridine rings is 1. The number of phenols is 1. The summed E-state index contributed by atoms with van der Waals surface area (Å²) >= 11 is 11.6. The van der Waals surface area contributed by atoms with Gasteiger partial charge in [0.25, 0.3) is 0 Å². The highest BCUT2D eigenvalue weighted by molar-refractivity contribution is 6.41. The molecule has 0 aliphatic heterocycles. The normalized spacial score (nSPS) is 10.3. The van der Waals surface area contributed by atoms with Crippen molar-refractivity contribution in [2.75, 3.05) is 0 Å². The summed E-state index contributed by atoms with van der Waals surface area (Å²) < 4.78 is 0. The van der Waals surface area contributed by atoms with Crippen LogP contribution in [0.3, 0.4) is 0 Å². The Labute approximate surface area is 97.1 Å². The fraction of sp³-hybridized carbons (Fsp3) is 0. The highest BCUT2D eigenvalue weighted by Crippen LogP contribution is 2.27. The van der Waals surface area contributed by atoms with E-state index in [-0.39, 0.29) is 5.75 Å². The molecule has 2 aromatic rings. The van der Waals surface area contributed by atoms with E-state index in [4.69, 9.17) is 28.3 Å². The molecule has 1 heterocycles. The van der Waals surface area contributed by atoms with Gasteiger partial charge in [0.2, 0.25) is 0 Å². The Morgan fingerprint density at radius 2 is 1.67 bits per heavy atom. The van der Waals surface area contributed by atoms with Crippen LogP contribution in [-0.2, 0) is 0 Å². The van der Waals surface area contributed by atoms with Crippen molar-refractivity contribution in [3.05, 3.63) is 46.7 Å². The van der Waals surface area contributed by atoms with Gasteiger partial charge in [0.15, 0.2) is 0 Å². The molecule has 15 heavy (non-hydrogen) atoms. The summed E-state index contributed by atoms with van der Waals surface area (Å²) in [6.45, 7) is 0. The summed E-state index contributed by atoms with van der Waals surface area (Å²) in [7, 11) is 0. The number of halogens is 2. The number of hydrogen-bond donors (Lipinski definition) is 1. The summed E-state index contributed by atoms with van der Waals surface area (Å²) in [5, 5.41) is 9.85. The number of rotatable bonds is 1. The quantitative estimate of drug-likeness (QED) is 0.769. The lowest BCUT2D eigenvalue weighted by Gasteiger charge is -2.02. The van der Waals surface area contributed by atoms with E-state index in [0.29, 0.717) is 10.2 Å². The largest absolute Gasteiger partial charge is 0.508 e. The molecule has 0 unspecified atom stereocenters. The minimum absolute atomic E-state index is 0.228. The van der Waals surface area contributed by atoms with E-state index in [9.17, 15) is 0 Å². The molecule has 0 bridgehead atoms. The molecule has 0 saturated heterocycles. The van der Waals surface area contributed by atoms with Crippen LogP contribution >= 0.6 is 23.2 Å². The highest BCUT2D eigenvalue weighted by atomic mass is 35.5. The van der Waals surface area contributed by atoms with Crippen LogP contribution in [-0.4, -0.2) is 10.1 Å². The van der Waals surface area contributed by atoms with Crippen molar-refractivity contribution in [1.29, 1.82) is 0 Å². The third-order valence-corrected chi connectivity index (χ3v) is 2.68. The molecule has 0 atom stereocenters. The van der Waals surface area contributed by atoms with Crippen molar-refractivity contribution in [2.24, 2.45) is 0 Å². The molecule has 0 saturated carbocycles. The predicted molar refractivity (Wildman–Crippen MR) is 61.4 cm³/mol. The number of aromatic hydroxyl groups is 1. The van der Waals surface area contributed by atoms with Gasteiger partial charge in [0.05, 0.1) is 5.02 Å². The molecule has 0 spiro atoms. The molecule has 1 aromatic carbocycles. The lowest BCUT2D eigenvalue weighted by Crippen LogP contribution is -1.81. The molecular formula is C11H7Cl2NO. The van der Waals surface area contributed by atoms with Crippen LogP contribution in [0.1, 0.15) is 0 Å². The number of aromatic nitrogens is 1. The molecule has 0 aliphatic rings. The van der Waals surface area contributed by atoms with Crippen molar-refractivity contribution in [3.63, 3.8) is 0 Å². The molecule has 0 amide bonds. The first-order chi connectivity index (χ1) is 7.16. The van der Waals surface area contributed by atoms with Gasteiger partial charge in [-0.25, -0.2) is 4.98 Å². The Morgan fingerprint density at radius 1 is 1.00 bits per heavy atom. The minimum Gasteiger partial charge on any atom is -0.508 e. The van der Waals surface area contributed by atoms with Crippen LogP contribution in [0.4, 0.5) is 0 Å². The maximum absolute atomic E-state index is 9.14. The van der Waals surface area contributed by atoms with E-state index in [1.807, 2.05) is 0 Å². The molecule has 0 fully saturated rings. The van der Waals surface area contributed by atoms with Crippen LogP contribution in [0, 0.1) is 0 Å². The second kappa shape index (κ2) is 4.09. The first-order valence-corrected chi connectivity index (χ1v) is 5.03. The van der Waals surface area contributed by atoms with Crippen LogP contribution in [0.5, 0.6) is 5.75 Å². The van der Waals surface area contributed by atoms with Gasteiger partial charge in [-0.3, -0.25) is 0 Å². The van der Waals surface area contributed by atoms with Gasteiger partial charge in [-0.05, 0) is 23.8 Å².